The van der Waals surface area contributed by atoms with Crippen LogP contribution in [-0.4, -0.2) is 5.78 Å². The second-order valence-electron chi connectivity index (χ2n) is 4.85. The van der Waals surface area contributed by atoms with Gasteiger partial charge in [-0.1, -0.05) is 12.1 Å². The Morgan fingerprint density at radius 3 is 2.68 bits per heavy atom. The smallest absolute Gasteiger partial charge is 0.171 e. The topological polar surface area (TPSA) is 26.3 Å². The molecule has 3 rings (SSSR count). The highest BCUT2D eigenvalue weighted by molar-refractivity contribution is 6.01. The standard InChI is InChI=1S/C16H13FO2/c1-9-4-3-5-15-11(9)7-14(18)12-6-10(2)13(17)8-16(12)19-15/h3-6,8H,7H2,1-2H3. The van der Waals surface area contributed by atoms with Gasteiger partial charge >= 0.3 is 0 Å². The molecule has 0 saturated carbocycles. The van der Waals surface area contributed by atoms with Gasteiger partial charge in [-0.3, -0.25) is 4.79 Å². The van der Waals surface area contributed by atoms with Gasteiger partial charge in [-0.25, -0.2) is 4.39 Å². The van der Waals surface area contributed by atoms with Gasteiger partial charge < -0.3 is 4.74 Å². The van der Waals surface area contributed by atoms with Crippen LogP contribution in [0.15, 0.2) is 30.3 Å². The van der Waals surface area contributed by atoms with Crippen molar-refractivity contribution < 1.29 is 13.9 Å². The van der Waals surface area contributed by atoms with Crippen LogP contribution in [0, 0.1) is 19.7 Å². The molecule has 0 unspecified atom stereocenters. The van der Waals surface area contributed by atoms with Crippen molar-refractivity contribution in [1.29, 1.82) is 0 Å². The molecule has 19 heavy (non-hydrogen) atoms. The van der Waals surface area contributed by atoms with E-state index in [9.17, 15) is 9.18 Å². The van der Waals surface area contributed by atoms with Gasteiger partial charge in [-0.05, 0) is 37.1 Å². The normalized spacial score (nSPS) is 13.3. The van der Waals surface area contributed by atoms with Crippen LogP contribution in [0.5, 0.6) is 11.5 Å². The van der Waals surface area contributed by atoms with Crippen molar-refractivity contribution in [2.75, 3.05) is 0 Å². The van der Waals surface area contributed by atoms with Crippen LogP contribution in [0.3, 0.4) is 0 Å². The minimum atomic E-state index is -0.359. The van der Waals surface area contributed by atoms with E-state index in [1.807, 2.05) is 25.1 Å². The maximum Gasteiger partial charge on any atom is 0.171 e. The van der Waals surface area contributed by atoms with Crippen molar-refractivity contribution in [2.24, 2.45) is 0 Å². The van der Waals surface area contributed by atoms with Crippen LogP contribution in [0.1, 0.15) is 27.0 Å². The van der Waals surface area contributed by atoms with Crippen LogP contribution in [0.25, 0.3) is 0 Å². The van der Waals surface area contributed by atoms with Crippen LogP contribution in [0.2, 0.25) is 0 Å². The average Bonchev–Trinajstić information content (AvgIpc) is 2.49. The lowest BCUT2D eigenvalue weighted by Crippen LogP contribution is -2.03. The van der Waals surface area contributed by atoms with E-state index in [0.29, 0.717) is 29.0 Å². The van der Waals surface area contributed by atoms with E-state index in [-0.39, 0.29) is 11.6 Å². The first-order chi connectivity index (χ1) is 9.06. The lowest BCUT2D eigenvalue weighted by Gasteiger charge is -2.10. The molecule has 0 amide bonds. The molecule has 1 aliphatic rings. The van der Waals surface area contributed by atoms with Crippen LogP contribution in [0.4, 0.5) is 4.39 Å². The molecular weight excluding hydrogens is 243 g/mol. The second kappa shape index (κ2) is 4.19. The molecule has 0 fully saturated rings. The Bertz CT molecular complexity index is 689. The Morgan fingerprint density at radius 2 is 1.89 bits per heavy atom. The minimum absolute atomic E-state index is 0.0360. The summed E-state index contributed by atoms with van der Waals surface area (Å²) in [6.07, 6.45) is 0.292. The molecule has 0 bridgehead atoms. The number of hydrogen-bond acceptors (Lipinski definition) is 2. The molecule has 0 radical (unpaired) electrons. The molecule has 1 heterocycles. The highest BCUT2D eigenvalue weighted by Gasteiger charge is 2.23. The fourth-order valence-electron chi connectivity index (χ4n) is 2.34. The number of ketones is 1. The van der Waals surface area contributed by atoms with Crippen LogP contribution in [-0.2, 0) is 6.42 Å². The molecule has 0 aromatic heterocycles. The SMILES string of the molecule is Cc1cc2c(cc1F)Oc1cccc(C)c1CC2=O. The predicted octanol–water partition coefficient (Wildman–Crippen LogP) is 3.97. The van der Waals surface area contributed by atoms with E-state index in [1.165, 1.54) is 6.07 Å². The number of Topliss-reactive ketones (excluding diaryl/α,β-unsaturated/α-hetero) is 1. The minimum Gasteiger partial charge on any atom is -0.456 e. The first-order valence-electron chi connectivity index (χ1n) is 6.16. The fourth-order valence-corrected chi connectivity index (χ4v) is 2.34. The molecule has 2 aromatic rings. The van der Waals surface area contributed by atoms with Crippen molar-refractivity contribution >= 4 is 5.78 Å². The maximum absolute atomic E-state index is 13.6. The van der Waals surface area contributed by atoms with E-state index in [4.69, 9.17) is 4.74 Å². The lowest BCUT2D eigenvalue weighted by molar-refractivity contribution is 0.0993. The molecule has 2 nitrogen and oxygen atoms in total. The Kier molecular flexibility index (Phi) is 2.63. The molecule has 0 saturated heterocycles. The van der Waals surface area contributed by atoms with Crippen LogP contribution >= 0.6 is 0 Å². The predicted molar refractivity (Wildman–Crippen MR) is 70.4 cm³/mol. The number of carbonyl (C=O) groups is 1. The van der Waals surface area contributed by atoms with Crippen molar-refractivity contribution in [2.45, 2.75) is 20.3 Å². The van der Waals surface area contributed by atoms with Gasteiger partial charge in [0.1, 0.15) is 17.3 Å². The summed E-state index contributed by atoms with van der Waals surface area (Å²) in [7, 11) is 0. The van der Waals surface area contributed by atoms with E-state index in [0.717, 1.165) is 11.1 Å². The summed E-state index contributed by atoms with van der Waals surface area (Å²) < 4.78 is 19.4. The molecule has 0 atom stereocenters. The molecule has 0 N–H and O–H groups in total. The monoisotopic (exact) mass is 256 g/mol. The summed E-state index contributed by atoms with van der Waals surface area (Å²) in [6.45, 7) is 3.59. The number of aryl methyl sites for hydroxylation is 2. The quantitative estimate of drug-likeness (QED) is 0.712. The van der Waals surface area contributed by atoms with Crippen LogP contribution < -0.4 is 4.74 Å². The molecule has 3 heteroatoms. The molecule has 1 aliphatic heterocycles. The van der Waals surface area contributed by atoms with E-state index in [2.05, 4.69) is 0 Å². The molecule has 0 spiro atoms. The summed E-state index contributed by atoms with van der Waals surface area (Å²) in [5, 5.41) is 0. The van der Waals surface area contributed by atoms with Gasteiger partial charge in [0.2, 0.25) is 0 Å². The number of hydrogen-bond donors (Lipinski definition) is 0. The van der Waals surface area contributed by atoms with Gasteiger partial charge in [0, 0.05) is 18.1 Å². The first kappa shape index (κ1) is 11.9. The van der Waals surface area contributed by atoms with Gasteiger partial charge in [-0.15, -0.1) is 0 Å². The molecule has 2 aromatic carbocycles. The lowest BCUT2D eigenvalue weighted by atomic mass is 9.98. The van der Waals surface area contributed by atoms with Crippen molar-refractivity contribution in [3.8, 4) is 11.5 Å². The number of halogens is 1. The number of fused-ring (bicyclic) bond motifs is 2. The second-order valence-corrected chi connectivity index (χ2v) is 4.85. The third-order valence-corrected chi connectivity index (χ3v) is 3.49. The maximum atomic E-state index is 13.6. The zero-order valence-corrected chi connectivity index (χ0v) is 10.8. The highest BCUT2D eigenvalue weighted by atomic mass is 19.1. The Morgan fingerprint density at radius 1 is 1.11 bits per heavy atom. The summed E-state index contributed by atoms with van der Waals surface area (Å²) in [6, 6.07) is 8.47. The van der Waals surface area contributed by atoms with Gasteiger partial charge in [0.25, 0.3) is 0 Å². The van der Waals surface area contributed by atoms with E-state index in [1.54, 1.807) is 13.0 Å². The highest BCUT2D eigenvalue weighted by Crippen LogP contribution is 2.36. The zero-order valence-electron chi connectivity index (χ0n) is 10.8. The molecular formula is C16H13FO2. The van der Waals surface area contributed by atoms with Gasteiger partial charge in [-0.2, -0.15) is 0 Å². The van der Waals surface area contributed by atoms with E-state index >= 15 is 0 Å². The third kappa shape index (κ3) is 1.91. The first-order valence-corrected chi connectivity index (χ1v) is 6.16. The number of ether oxygens (including phenoxy) is 1. The van der Waals surface area contributed by atoms with Gasteiger partial charge in [0.05, 0.1) is 5.56 Å². The Balaban J connectivity index is 2.21. The summed E-state index contributed by atoms with van der Waals surface area (Å²) in [4.78, 5) is 12.3. The summed E-state index contributed by atoms with van der Waals surface area (Å²) in [5.41, 5.74) is 2.80. The summed E-state index contributed by atoms with van der Waals surface area (Å²) in [5.74, 6) is 0.543. The summed E-state index contributed by atoms with van der Waals surface area (Å²) >= 11 is 0. The Labute approximate surface area is 110 Å². The van der Waals surface area contributed by atoms with Crippen molar-refractivity contribution in [3.05, 3.63) is 58.4 Å². The number of carbonyl (C=O) groups excluding carboxylic acids is 1. The molecule has 96 valence electrons. The van der Waals surface area contributed by atoms with E-state index < -0.39 is 0 Å². The average molecular weight is 256 g/mol. The molecule has 0 aliphatic carbocycles. The number of benzene rings is 2. The third-order valence-electron chi connectivity index (χ3n) is 3.49. The zero-order chi connectivity index (χ0) is 13.6. The number of rotatable bonds is 0. The van der Waals surface area contributed by atoms with Crippen molar-refractivity contribution in [3.63, 3.8) is 0 Å². The Hall–Kier alpha value is -2.16. The largest absolute Gasteiger partial charge is 0.456 e. The van der Waals surface area contributed by atoms with Crippen molar-refractivity contribution in [1.82, 2.24) is 0 Å². The van der Waals surface area contributed by atoms with Gasteiger partial charge in [0.15, 0.2) is 5.78 Å². The fraction of sp³-hybridized carbons (Fsp3) is 0.188.